The Hall–Kier alpha value is -3.55. The third-order valence-corrected chi connectivity index (χ3v) is 3.45. The number of hydrogen-bond donors (Lipinski definition) is 1. The summed E-state index contributed by atoms with van der Waals surface area (Å²) < 4.78 is 2.70. The minimum absolute atomic E-state index is 0.360. The van der Waals surface area contributed by atoms with Crippen LogP contribution in [0.25, 0.3) is 16.6 Å². The fourth-order valence-electron chi connectivity index (χ4n) is 2.32. The Morgan fingerprint density at radius 1 is 1.09 bits per heavy atom. The van der Waals surface area contributed by atoms with Crippen LogP contribution in [0, 0.1) is 0 Å². The van der Waals surface area contributed by atoms with Crippen LogP contribution in [0.1, 0.15) is 10.4 Å². The lowest BCUT2D eigenvalue weighted by atomic mass is 10.2. The molecule has 0 radical (unpaired) electrons. The zero-order chi connectivity index (χ0) is 15.8. The Balaban J connectivity index is 1.79. The highest BCUT2D eigenvalue weighted by Gasteiger charge is 2.10. The van der Waals surface area contributed by atoms with E-state index in [-0.39, 0.29) is 5.56 Å². The number of aromatic nitrogens is 5. The van der Waals surface area contributed by atoms with E-state index in [2.05, 4.69) is 20.5 Å². The van der Waals surface area contributed by atoms with E-state index in [0.29, 0.717) is 22.1 Å². The first-order valence-corrected chi connectivity index (χ1v) is 6.79. The van der Waals surface area contributed by atoms with Gasteiger partial charge in [0.15, 0.2) is 5.65 Å². The maximum atomic E-state index is 12.5. The molecule has 0 saturated carbocycles. The number of carbonyl (C=O) groups is 1. The van der Waals surface area contributed by atoms with E-state index in [1.165, 1.54) is 24.8 Å². The highest BCUT2D eigenvalue weighted by Crippen LogP contribution is 2.10. The van der Waals surface area contributed by atoms with Crippen molar-refractivity contribution in [1.29, 1.82) is 0 Å². The monoisotopic (exact) mass is 306 g/mol. The van der Waals surface area contributed by atoms with E-state index in [9.17, 15) is 9.59 Å². The van der Waals surface area contributed by atoms with Gasteiger partial charge in [-0.3, -0.25) is 20.0 Å². The van der Waals surface area contributed by atoms with Crippen molar-refractivity contribution in [2.75, 3.05) is 5.43 Å². The van der Waals surface area contributed by atoms with E-state index < -0.39 is 5.91 Å². The average molecular weight is 306 g/mol. The molecule has 0 aliphatic carbocycles. The highest BCUT2D eigenvalue weighted by atomic mass is 16.2. The molecule has 0 unspecified atom stereocenters. The van der Waals surface area contributed by atoms with Crippen LogP contribution >= 0.6 is 0 Å². The van der Waals surface area contributed by atoms with Gasteiger partial charge in [-0.15, -0.1) is 0 Å². The Morgan fingerprint density at radius 3 is 2.74 bits per heavy atom. The third-order valence-electron chi connectivity index (χ3n) is 3.45. The lowest BCUT2D eigenvalue weighted by Gasteiger charge is -2.09. The van der Waals surface area contributed by atoms with E-state index >= 15 is 0 Å². The van der Waals surface area contributed by atoms with E-state index in [0.717, 1.165) is 4.68 Å². The average Bonchev–Trinajstić information content (AvgIpc) is 3.07. The molecule has 0 fully saturated rings. The summed E-state index contributed by atoms with van der Waals surface area (Å²) >= 11 is 0. The first-order valence-electron chi connectivity index (χ1n) is 6.79. The first-order chi connectivity index (χ1) is 11.2. The van der Waals surface area contributed by atoms with Gasteiger partial charge in [-0.25, -0.2) is 14.2 Å². The van der Waals surface area contributed by atoms with Crippen molar-refractivity contribution in [3.05, 3.63) is 71.2 Å². The van der Waals surface area contributed by atoms with Gasteiger partial charge in [0.2, 0.25) is 0 Å². The normalized spacial score (nSPS) is 11.0. The van der Waals surface area contributed by atoms with Crippen molar-refractivity contribution < 1.29 is 4.79 Å². The van der Waals surface area contributed by atoms with Gasteiger partial charge in [0, 0.05) is 36.4 Å². The van der Waals surface area contributed by atoms with Gasteiger partial charge in [-0.2, -0.15) is 5.10 Å². The molecular formula is C15H10N6O2. The van der Waals surface area contributed by atoms with Crippen molar-refractivity contribution in [1.82, 2.24) is 24.3 Å². The SMILES string of the molecule is O=C(Nn1ccc2c(cnc3ccnn32)c1=O)c1ccncc1. The number of fused-ring (bicyclic) bond motifs is 3. The van der Waals surface area contributed by atoms with Crippen molar-refractivity contribution in [2.45, 2.75) is 0 Å². The minimum atomic E-state index is -0.401. The molecule has 4 aromatic rings. The zero-order valence-electron chi connectivity index (χ0n) is 11.7. The number of rotatable bonds is 2. The molecule has 0 aromatic carbocycles. The van der Waals surface area contributed by atoms with Gasteiger partial charge in [-0.05, 0) is 18.2 Å². The number of pyridine rings is 2. The van der Waals surface area contributed by atoms with Crippen LogP contribution in [0.2, 0.25) is 0 Å². The Morgan fingerprint density at radius 2 is 1.91 bits per heavy atom. The third kappa shape index (κ3) is 2.13. The Kier molecular flexibility index (Phi) is 2.87. The topological polar surface area (TPSA) is 94.2 Å². The van der Waals surface area contributed by atoms with Gasteiger partial charge in [0.1, 0.15) is 0 Å². The van der Waals surface area contributed by atoms with Gasteiger partial charge < -0.3 is 0 Å². The van der Waals surface area contributed by atoms with Crippen molar-refractivity contribution in [2.24, 2.45) is 0 Å². The highest BCUT2D eigenvalue weighted by molar-refractivity contribution is 5.99. The first kappa shape index (κ1) is 13.1. The van der Waals surface area contributed by atoms with Crippen LogP contribution in [0.5, 0.6) is 0 Å². The summed E-state index contributed by atoms with van der Waals surface area (Å²) in [4.78, 5) is 32.7. The van der Waals surface area contributed by atoms with Crippen LogP contribution in [-0.4, -0.2) is 30.2 Å². The smallest absolute Gasteiger partial charge is 0.267 e. The fraction of sp³-hybridized carbons (Fsp3) is 0. The van der Waals surface area contributed by atoms with Crippen LogP contribution in [-0.2, 0) is 0 Å². The van der Waals surface area contributed by atoms with E-state index in [1.807, 2.05) is 0 Å². The molecule has 0 aliphatic heterocycles. The van der Waals surface area contributed by atoms with E-state index in [4.69, 9.17) is 0 Å². The molecule has 4 heterocycles. The van der Waals surface area contributed by atoms with Crippen LogP contribution < -0.4 is 11.0 Å². The number of carbonyl (C=O) groups excluding carboxylic acids is 1. The summed E-state index contributed by atoms with van der Waals surface area (Å²) in [6.07, 6.45) is 7.60. The Bertz CT molecular complexity index is 1080. The lowest BCUT2D eigenvalue weighted by molar-refractivity contribution is 0.101. The van der Waals surface area contributed by atoms with Gasteiger partial charge >= 0.3 is 0 Å². The number of nitrogens with one attached hydrogen (secondary N) is 1. The summed E-state index contributed by atoms with van der Waals surface area (Å²) in [5, 5.41) is 4.50. The second-order valence-electron chi connectivity index (χ2n) is 4.83. The second kappa shape index (κ2) is 5.02. The summed E-state index contributed by atoms with van der Waals surface area (Å²) in [7, 11) is 0. The molecule has 8 nitrogen and oxygen atoms in total. The van der Waals surface area contributed by atoms with Crippen molar-refractivity contribution in [3.8, 4) is 0 Å². The van der Waals surface area contributed by atoms with Crippen LogP contribution in [0.15, 0.2) is 60.0 Å². The number of nitrogens with zero attached hydrogens (tertiary/aromatic N) is 5. The molecule has 8 heteroatoms. The standard InChI is InChI=1S/C15H10N6O2/c22-14(10-1-5-16-6-2-10)19-20-8-4-12-11(15(20)23)9-17-13-3-7-18-21(12)13/h1-9H,(H,19,22). The molecule has 4 rings (SSSR count). The predicted molar refractivity (Wildman–Crippen MR) is 82.7 cm³/mol. The molecule has 23 heavy (non-hydrogen) atoms. The largest absolute Gasteiger partial charge is 0.280 e. The summed E-state index contributed by atoms with van der Waals surface area (Å²) in [5.41, 5.74) is 3.84. The molecule has 1 amide bonds. The maximum Gasteiger partial charge on any atom is 0.280 e. The molecule has 1 N–H and O–H groups in total. The molecule has 0 saturated heterocycles. The van der Waals surface area contributed by atoms with Crippen molar-refractivity contribution in [3.63, 3.8) is 0 Å². The van der Waals surface area contributed by atoms with Crippen LogP contribution in [0.3, 0.4) is 0 Å². The fourth-order valence-corrected chi connectivity index (χ4v) is 2.32. The molecule has 0 aliphatic rings. The van der Waals surface area contributed by atoms with E-state index in [1.54, 1.807) is 35.0 Å². The van der Waals surface area contributed by atoms with Gasteiger partial charge in [-0.1, -0.05) is 0 Å². The zero-order valence-corrected chi connectivity index (χ0v) is 11.7. The molecule has 4 aromatic heterocycles. The molecule has 0 bridgehead atoms. The number of amides is 1. The predicted octanol–water partition coefficient (Wildman–Crippen LogP) is 0.823. The molecular weight excluding hydrogens is 296 g/mol. The summed E-state index contributed by atoms with van der Waals surface area (Å²) in [5.74, 6) is -0.401. The molecule has 112 valence electrons. The summed E-state index contributed by atoms with van der Waals surface area (Å²) in [6, 6.07) is 6.58. The number of hydrogen-bond acceptors (Lipinski definition) is 5. The quantitative estimate of drug-likeness (QED) is 0.592. The lowest BCUT2D eigenvalue weighted by Crippen LogP contribution is -2.32. The minimum Gasteiger partial charge on any atom is -0.267 e. The van der Waals surface area contributed by atoms with Crippen LogP contribution in [0.4, 0.5) is 0 Å². The second-order valence-corrected chi connectivity index (χ2v) is 4.83. The Labute approximate surface area is 129 Å². The maximum absolute atomic E-state index is 12.5. The van der Waals surface area contributed by atoms with Crippen molar-refractivity contribution >= 4 is 22.5 Å². The molecule has 0 spiro atoms. The summed E-state index contributed by atoms with van der Waals surface area (Å²) in [6.45, 7) is 0. The molecule has 0 atom stereocenters. The van der Waals surface area contributed by atoms with Gasteiger partial charge in [0.25, 0.3) is 11.5 Å². The van der Waals surface area contributed by atoms with Gasteiger partial charge in [0.05, 0.1) is 17.1 Å².